The smallest absolute Gasteiger partial charge is 0.0846 e. The molecule has 28 heavy (non-hydrogen) atoms. The molecule has 2 aromatic rings. The largest absolute Gasteiger partial charge is 0.293 e. The normalized spacial score (nSPS) is 18.2. The van der Waals surface area contributed by atoms with E-state index in [1.807, 2.05) is 11.8 Å². The van der Waals surface area contributed by atoms with Gasteiger partial charge in [-0.25, -0.2) is 5.01 Å². The van der Waals surface area contributed by atoms with E-state index in [4.69, 9.17) is 0 Å². The van der Waals surface area contributed by atoms with Gasteiger partial charge in [-0.05, 0) is 49.8 Å². The third-order valence-electron chi connectivity index (χ3n) is 5.47. The third kappa shape index (κ3) is 4.23. The third-order valence-corrected chi connectivity index (χ3v) is 7.62. The molecule has 1 fully saturated rings. The maximum atomic E-state index is 3.80. The Hall–Kier alpha value is -0.750. The molecule has 1 aliphatic heterocycles. The maximum absolute atomic E-state index is 3.80. The fraction of sp³-hybridized carbons (Fsp3) is 0.391. The van der Waals surface area contributed by atoms with Gasteiger partial charge in [0.05, 0.1) is 17.6 Å². The standard InChI is InChI=1S/C23H26Br2N2S/c1-3-13-26(23(18-9-10-18)17-7-5-4-6-8-17)27-15-28-16(2)22(27)20-12-11-19(24)14-21(20)25/h4-8,11-12,14,18,23H,3,9-10,13,15H2,1-2H3. The molecule has 0 bridgehead atoms. The van der Waals surface area contributed by atoms with Crippen LogP contribution in [-0.4, -0.2) is 22.4 Å². The maximum Gasteiger partial charge on any atom is 0.0846 e. The van der Waals surface area contributed by atoms with Crippen molar-refractivity contribution < 1.29 is 0 Å². The number of hydrazine groups is 1. The number of nitrogens with zero attached hydrogens (tertiary/aromatic N) is 2. The second kappa shape index (κ2) is 8.95. The van der Waals surface area contributed by atoms with Crippen LogP contribution in [0.1, 0.15) is 50.3 Å². The molecule has 2 nitrogen and oxygen atoms in total. The van der Waals surface area contributed by atoms with E-state index < -0.39 is 0 Å². The Kier molecular flexibility index (Phi) is 6.56. The van der Waals surface area contributed by atoms with Gasteiger partial charge >= 0.3 is 0 Å². The highest BCUT2D eigenvalue weighted by molar-refractivity contribution is 9.11. The zero-order chi connectivity index (χ0) is 19.7. The van der Waals surface area contributed by atoms with Crippen LogP contribution in [0.15, 0.2) is 62.4 Å². The molecule has 0 N–H and O–H groups in total. The van der Waals surface area contributed by atoms with Crippen LogP contribution < -0.4 is 0 Å². The first-order valence-electron chi connectivity index (χ1n) is 9.98. The molecule has 4 rings (SSSR count). The van der Waals surface area contributed by atoms with Crippen LogP contribution in [0, 0.1) is 5.92 Å². The highest BCUT2D eigenvalue weighted by Gasteiger charge is 2.40. The van der Waals surface area contributed by atoms with Crippen LogP contribution in [0.4, 0.5) is 0 Å². The molecule has 1 unspecified atom stereocenters. The van der Waals surface area contributed by atoms with Gasteiger partial charge in [0.1, 0.15) is 0 Å². The Morgan fingerprint density at radius 1 is 1.14 bits per heavy atom. The summed E-state index contributed by atoms with van der Waals surface area (Å²) in [5.41, 5.74) is 4.07. The molecule has 0 spiro atoms. The summed E-state index contributed by atoms with van der Waals surface area (Å²) in [5, 5.41) is 5.20. The lowest BCUT2D eigenvalue weighted by Gasteiger charge is -2.41. The van der Waals surface area contributed by atoms with E-state index in [2.05, 4.69) is 104 Å². The summed E-state index contributed by atoms with van der Waals surface area (Å²) in [5.74, 6) is 1.74. The molecule has 0 aromatic heterocycles. The van der Waals surface area contributed by atoms with Crippen molar-refractivity contribution in [2.45, 2.75) is 39.2 Å². The van der Waals surface area contributed by atoms with Crippen LogP contribution in [-0.2, 0) is 0 Å². The molecule has 1 saturated carbocycles. The van der Waals surface area contributed by atoms with E-state index >= 15 is 0 Å². The number of rotatable bonds is 7. The molecule has 2 aromatic carbocycles. The van der Waals surface area contributed by atoms with Gasteiger partial charge in [-0.2, -0.15) is 0 Å². The summed E-state index contributed by atoms with van der Waals surface area (Å²) in [6.45, 7) is 5.62. The highest BCUT2D eigenvalue weighted by atomic mass is 79.9. The minimum absolute atomic E-state index is 0.455. The van der Waals surface area contributed by atoms with E-state index in [0.717, 1.165) is 33.7 Å². The lowest BCUT2D eigenvalue weighted by atomic mass is 10.0. The molecule has 0 saturated heterocycles. The minimum Gasteiger partial charge on any atom is -0.293 e. The molecule has 2 aliphatic rings. The van der Waals surface area contributed by atoms with E-state index in [9.17, 15) is 0 Å². The van der Waals surface area contributed by atoms with Gasteiger partial charge in [-0.1, -0.05) is 75.2 Å². The summed E-state index contributed by atoms with van der Waals surface area (Å²) >= 11 is 9.35. The second-order valence-corrected chi connectivity index (χ2v) is 10.5. The van der Waals surface area contributed by atoms with Crippen LogP contribution in [0.3, 0.4) is 0 Å². The average molecular weight is 522 g/mol. The average Bonchev–Trinajstić information content (AvgIpc) is 3.45. The second-order valence-electron chi connectivity index (χ2n) is 7.56. The quantitative estimate of drug-likeness (QED) is 0.368. The molecule has 1 aliphatic carbocycles. The van der Waals surface area contributed by atoms with Crippen molar-refractivity contribution in [2.24, 2.45) is 5.92 Å². The minimum atomic E-state index is 0.455. The Morgan fingerprint density at radius 2 is 1.89 bits per heavy atom. The van der Waals surface area contributed by atoms with Crippen molar-refractivity contribution in [3.8, 4) is 0 Å². The summed E-state index contributed by atoms with van der Waals surface area (Å²) in [6, 6.07) is 18.1. The van der Waals surface area contributed by atoms with E-state index in [1.165, 1.54) is 34.6 Å². The Balaban J connectivity index is 1.74. The Labute approximate surface area is 189 Å². The first kappa shape index (κ1) is 20.5. The lowest BCUT2D eigenvalue weighted by molar-refractivity contribution is -0.00439. The summed E-state index contributed by atoms with van der Waals surface area (Å²) in [6.07, 6.45) is 3.81. The summed E-state index contributed by atoms with van der Waals surface area (Å²) in [7, 11) is 0. The fourth-order valence-electron chi connectivity index (χ4n) is 4.07. The van der Waals surface area contributed by atoms with Crippen molar-refractivity contribution in [3.63, 3.8) is 0 Å². The highest BCUT2D eigenvalue weighted by Crippen LogP contribution is 2.49. The summed E-state index contributed by atoms with van der Waals surface area (Å²) < 4.78 is 2.24. The van der Waals surface area contributed by atoms with Crippen molar-refractivity contribution in [1.82, 2.24) is 10.0 Å². The molecule has 0 amide bonds. The van der Waals surface area contributed by atoms with E-state index in [1.54, 1.807) is 0 Å². The topological polar surface area (TPSA) is 6.48 Å². The van der Waals surface area contributed by atoms with Gasteiger partial charge < -0.3 is 0 Å². The molecule has 1 atom stereocenters. The molecular formula is C23H26Br2N2S. The predicted molar refractivity (Wildman–Crippen MR) is 128 cm³/mol. The molecular weight excluding hydrogens is 496 g/mol. The number of allylic oxidation sites excluding steroid dienone is 1. The van der Waals surface area contributed by atoms with Gasteiger partial charge in [-0.15, -0.1) is 11.8 Å². The van der Waals surface area contributed by atoms with Gasteiger partial charge in [0.2, 0.25) is 0 Å². The number of thioether (sulfide) groups is 1. The van der Waals surface area contributed by atoms with Crippen molar-refractivity contribution in [3.05, 3.63) is 73.5 Å². The first-order chi connectivity index (χ1) is 13.6. The van der Waals surface area contributed by atoms with Crippen LogP contribution in [0.2, 0.25) is 0 Å². The van der Waals surface area contributed by atoms with E-state index in [-0.39, 0.29) is 0 Å². The van der Waals surface area contributed by atoms with Crippen LogP contribution in [0.5, 0.6) is 0 Å². The van der Waals surface area contributed by atoms with Gasteiger partial charge in [0.15, 0.2) is 0 Å². The van der Waals surface area contributed by atoms with Crippen LogP contribution >= 0.6 is 43.6 Å². The molecule has 1 heterocycles. The molecule has 0 radical (unpaired) electrons. The molecule has 148 valence electrons. The molecule has 5 heteroatoms. The lowest BCUT2D eigenvalue weighted by Crippen LogP contribution is -2.43. The van der Waals surface area contributed by atoms with Gasteiger partial charge in [0, 0.05) is 26.0 Å². The number of benzene rings is 2. The van der Waals surface area contributed by atoms with E-state index in [0.29, 0.717) is 6.04 Å². The monoisotopic (exact) mass is 520 g/mol. The van der Waals surface area contributed by atoms with Crippen molar-refractivity contribution in [2.75, 3.05) is 12.4 Å². The van der Waals surface area contributed by atoms with Gasteiger partial charge in [0.25, 0.3) is 0 Å². The Morgan fingerprint density at radius 3 is 2.54 bits per heavy atom. The number of hydrogen-bond acceptors (Lipinski definition) is 3. The summed E-state index contributed by atoms with van der Waals surface area (Å²) in [4.78, 5) is 1.40. The van der Waals surface area contributed by atoms with Gasteiger partial charge in [-0.3, -0.25) is 5.01 Å². The first-order valence-corrected chi connectivity index (χ1v) is 12.6. The number of halogens is 2. The zero-order valence-electron chi connectivity index (χ0n) is 16.4. The van der Waals surface area contributed by atoms with Crippen molar-refractivity contribution in [1.29, 1.82) is 0 Å². The van der Waals surface area contributed by atoms with Crippen LogP contribution in [0.25, 0.3) is 5.70 Å². The fourth-order valence-corrected chi connectivity index (χ4v) is 6.25. The zero-order valence-corrected chi connectivity index (χ0v) is 20.4. The Bertz CT molecular complexity index is 864. The SMILES string of the molecule is CCCN(C(c1ccccc1)C1CC1)N1CSC(C)=C1c1ccc(Br)cc1Br. The number of hydrogen-bond donors (Lipinski definition) is 0. The van der Waals surface area contributed by atoms with Crippen molar-refractivity contribution >= 4 is 49.3 Å². The predicted octanol–water partition coefficient (Wildman–Crippen LogP) is 7.68.